The summed E-state index contributed by atoms with van der Waals surface area (Å²) >= 11 is 0. The Labute approximate surface area is 202 Å². The van der Waals surface area contributed by atoms with Crippen molar-refractivity contribution in [2.45, 2.75) is 6.92 Å². The number of hydrazone groups is 1. The Morgan fingerprint density at radius 3 is 2.43 bits per heavy atom. The summed E-state index contributed by atoms with van der Waals surface area (Å²) in [6, 6.07) is 27.2. The fourth-order valence-corrected chi connectivity index (χ4v) is 3.37. The van der Waals surface area contributed by atoms with Crippen LogP contribution in [-0.2, 0) is 4.79 Å². The van der Waals surface area contributed by atoms with Crippen molar-refractivity contribution < 1.29 is 23.8 Å². The van der Waals surface area contributed by atoms with Crippen molar-refractivity contribution in [2.75, 3.05) is 13.2 Å². The van der Waals surface area contributed by atoms with Crippen molar-refractivity contribution in [1.82, 2.24) is 5.43 Å². The first-order valence-electron chi connectivity index (χ1n) is 11.1. The van der Waals surface area contributed by atoms with Crippen molar-refractivity contribution in [3.8, 4) is 17.2 Å². The zero-order chi connectivity index (χ0) is 24.5. The second-order valence-corrected chi connectivity index (χ2v) is 7.45. The average molecular weight is 469 g/mol. The van der Waals surface area contributed by atoms with Gasteiger partial charge >= 0.3 is 5.97 Å². The van der Waals surface area contributed by atoms with Crippen molar-refractivity contribution in [3.63, 3.8) is 0 Å². The Hall–Kier alpha value is -4.65. The molecule has 7 heteroatoms. The van der Waals surface area contributed by atoms with Crippen LogP contribution in [0.25, 0.3) is 10.8 Å². The topological polar surface area (TPSA) is 86.2 Å². The van der Waals surface area contributed by atoms with Gasteiger partial charge in [0.1, 0.15) is 5.75 Å². The molecule has 1 amide bonds. The molecule has 4 aromatic rings. The molecule has 0 aromatic heterocycles. The number of hydrogen-bond donors (Lipinski definition) is 1. The number of fused-ring (bicyclic) bond motifs is 1. The third-order valence-corrected chi connectivity index (χ3v) is 4.99. The monoisotopic (exact) mass is 468 g/mol. The summed E-state index contributed by atoms with van der Waals surface area (Å²) in [4.78, 5) is 24.6. The summed E-state index contributed by atoms with van der Waals surface area (Å²) in [7, 11) is 0. The Kier molecular flexibility index (Phi) is 7.70. The molecule has 0 atom stereocenters. The molecule has 0 unspecified atom stereocenters. The molecule has 1 N–H and O–H groups in total. The minimum absolute atomic E-state index is 0.177. The fourth-order valence-electron chi connectivity index (χ4n) is 3.37. The Morgan fingerprint density at radius 2 is 1.60 bits per heavy atom. The lowest BCUT2D eigenvalue weighted by molar-refractivity contribution is -0.123. The molecule has 0 aliphatic heterocycles. The number of hydrogen-bond acceptors (Lipinski definition) is 6. The van der Waals surface area contributed by atoms with Crippen molar-refractivity contribution >= 4 is 28.9 Å². The number of carbonyl (C=O) groups excluding carboxylic acids is 2. The second kappa shape index (κ2) is 11.5. The normalized spacial score (nSPS) is 10.8. The zero-order valence-corrected chi connectivity index (χ0v) is 19.1. The van der Waals surface area contributed by atoms with Gasteiger partial charge in [-0.3, -0.25) is 4.79 Å². The summed E-state index contributed by atoms with van der Waals surface area (Å²) in [5, 5.41) is 5.95. The fraction of sp³-hybridized carbons (Fsp3) is 0.107. The minimum Gasteiger partial charge on any atom is -0.490 e. The van der Waals surface area contributed by atoms with Gasteiger partial charge in [-0.1, -0.05) is 54.6 Å². The van der Waals surface area contributed by atoms with Gasteiger partial charge in [0.05, 0.1) is 18.4 Å². The number of rotatable bonds is 9. The summed E-state index contributed by atoms with van der Waals surface area (Å²) in [5.41, 5.74) is 3.54. The number of nitrogens with one attached hydrogen (secondary N) is 1. The summed E-state index contributed by atoms with van der Waals surface area (Å²) < 4.78 is 16.8. The predicted octanol–water partition coefficient (Wildman–Crippen LogP) is 4.99. The molecular weight excluding hydrogens is 444 g/mol. The molecule has 0 radical (unpaired) electrons. The van der Waals surface area contributed by atoms with E-state index in [2.05, 4.69) is 10.5 Å². The molecule has 0 bridgehead atoms. The smallest absolute Gasteiger partial charge is 0.343 e. The highest BCUT2D eigenvalue weighted by molar-refractivity contribution is 5.92. The first-order chi connectivity index (χ1) is 17.1. The first-order valence-corrected chi connectivity index (χ1v) is 11.1. The van der Waals surface area contributed by atoms with Gasteiger partial charge in [0.15, 0.2) is 18.1 Å². The lowest BCUT2D eigenvalue weighted by Crippen LogP contribution is -2.24. The highest BCUT2D eigenvalue weighted by atomic mass is 16.6. The van der Waals surface area contributed by atoms with E-state index in [4.69, 9.17) is 14.2 Å². The van der Waals surface area contributed by atoms with E-state index >= 15 is 0 Å². The zero-order valence-electron chi connectivity index (χ0n) is 19.1. The maximum atomic E-state index is 12.4. The van der Waals surface area contributed by atoms with Crippen LogP contribution in [0.15, 0.2) is 96.1 Å². The van der Waals surface area contributed by atoms with Crippen molar-refractivity contribution in [3.05, 3.63) is 102 Å². The lowest BCUT2D eigenvalue weighted by Gasteiger charge is -2.11. The van der Waals surface area contributed by atoms with E-state index in [-0.39, 0.29) is 6.61 Å². The van der Waals surface area contributed by atoms with E-state index in [0.29, 0.717) is 35.0 Å². The van der Waals surface area contributed by atoms with Crippen molar-refractivity contribution in [1.29, 1.82) is 0 Å². The van der Waals surface area contributed by atoms with Gasteiger partial charge in [0.25, 0.3) is 5.91 Å². The van der Waals surface area contributed by atoms with Crippen LogP contribution in [0.5, 0.6) is 17.2 Å². The summed E-state index contributed by atoms with van der Waals surface area (Å²) in [6.45, 7) is 2.04. The van der Waals surface area contributed by atoms with E-state index in [0.717, 1.165) is 10.8 Å². The molecule has 0 spiro atoms. The molecule has 4 aromatic carbocycles. The number of carbonyl (C=O) groups is 2. The molecule has 0 aliphatic rings. The molecule has 0 fully saturated rings. The van der Waals surface area contributed by atoms with E-state index < -0.39 is 11.9 Å². The highest BCUT2D eigenvalue weighted by Crippen LogP contribution is 2.29. The number of amides is 1. The van der Waals surface area contributed by atoms with Crippen LogP contribution in [0.2, 0.25) is 0 Å². The van der Waals surface area contributed by atoms with Gasteiger partial charge in [0, 0.05) is 5.39 Å². The Morgan fingerprint density at radius 1 is 0.829 bits per heavy atom. The molecule has 35 heavy (non-hydrogen) atoms. The van der Waals surface area contributed by atoms with Gasteiger partial charge < -0.3 is 14.2 Å². The number of ether oxygens (including phenoxy) is 3. The van der Waals surface area contributed by atoms with Gasteiger partial charge in [-0.2, -0.15) is 5.10 Å². The minimum atomic E-state index is -0.480. The van der Waals surface area contributed by atoms with Crippen LogP contribution < -0.4 is 19.6 Å². The van der Waals surface area contributed by atoms with E-state index in [1.54, 1.807) is 42.5 Å². The van der Waals surface area contributed by atoms with Crippen molar-refractivity contribution in [2.24, 2.45) is 5.10 Å². The Bertz CT molecular complexity index is 1350. The van der Waals surface area contributed by atoms with Crippen LogP contribution >= 0.6 is 0 Å². The molecule has 4 rings (SSSR count). The summed E-state index contributed by atoms with van der Waals surface area (Å²) in [6.07, 6.45) is 1.47. The number of benzene rings is 4. The van der Waals surface area contributed by atoms with Crippen LogP contribution in [-0.4, -0.2) is 31.3 Å². The third kappa shape index (κ3) is 6.23. The largest absolute Gasteiger partial charge is 0.490 e. The molecule has 176 valence electrons. The van der Waals surface area contributed by atoms with E-state index in [1.807, 2.05) is 55.5 Å². The number of esters is 1. The molecular formula is C28H24N2O5. The quantitative estimate of drug-likeness (QED) is 0.162. The lowest BCUT2D eigenvalue weighted by atomic mass is 10.1. The van der Waals surface area contributed by atoms with E-state index in [1.165, 1.54) is 6.21 Å². The number of nitrogens with zero attached hydrogens (tertiary/aromatic N) is 1. The standard InChI is InChI=1S/C28H24N2O5/c1-2-33-26-17-20(15-16-25(26)35-28(32)22-10-4-3-5-11-22)18-29-30-27(31)19-34-24-14-8-12-21-9-6-7-13-23(21)24/h3-18H,2,19H2,1H3,(H,30,31)/b29-18+. The third-order valence-electron chi connectivity index (χ3n) is 4.99. The SMILES string of the molecule is CCOc1cc(/C=N/NC(=O)COc2cccc3ccccc23)ccc1OC(=O)c1ccccc1. The Balaban J connectivity index is 1.36. The predicted molar refractivity (Wildman–Crippen MR) is 134 cm³/mol. The van der Waals surface area contributed by atoms with Gasteiger partial charge in [-0.15, -0.1) is 0 Å². The van der Waals surface area contributed by atoms with Gasteiger partial charge in [-0.05, 0) is 54.3 Å². The molecule has 7 nitrogen and oxygen atoms in total. The van der Waals surface area contributed by atoms with Crippen LogP contribution in [0, 0.1) is 0 Å². The van der Waals surface area contributed by atoms with Crippen LogP contribution in [0.4, 0.5) is 0 Å². The molecule has 0 heterocycles. The van der Waals surface area contributed by atoms with Crippen LogP contribution in [0.3, 0.4) is 0 Å². The van der Waals surface area contributed by atoms with Gasteiger partial charge in [0.2, 0.25) is 0 Å². The molecule has 0 saturated heterocycles. The first kappa shape index (κ1) is 23.5. The maximum absolute atomic E-state index is 12.4. The molecule has 0 saturated carbocycles. The average Bonchev–Trinajstić information content (AvgIpc) is 2.89. The van der Waals surface area contributed by atoms with Gasteiger partial charge in [-0.25, -0.2) is 10.2 Å². The van der Waals surface area contributed by atoms with Crippen LogP contribution in [0.1, 0.15) is 22.8 Å². The molecule has 0 aliphatic carbocycles. The highest BCUT2D eigenvalue weighted by Gasteiger charge is 2.13. The van der Waals surface area contributed by atoms with E-state index in [9.17, 15) is 9.59 Å². The maximum Gasteiger partial charge on any atom is 0.343 e. The summed E-state index contributed by atoms with van der Waals surface area (Å²) in [5.74, 6) is 0.444. The second-order valence-electron chi connectivity index (χ2n) is 7.45.